The predicted molar refractivity (Wildman–Crippen MR) is 135 cm³/mol. The van der Waals surface area contributed by atoms with Gasteiger partial charge >= 0.3 is 0 Å². The van der Waals surface area contributed by atoms with Crippen LogP contribution in [0.2, 0.25) is 0 Å². The Hall–Kier alpha value is -3.23. The third-order valence-corrected chi connectivity index (χ3v) is 6.93. The van der Waals surface area contributed by atoms with Crippen LogP contribution in [0.4, 0.5) is 11.4 Å². The molecular formula is C27H34N4O4. The fourth-order valence-electron chi connectivity index (χ4n) is 5.21. The first-order valence-corrected chi connectivity index (χ1v) is 12.3. The Morgan fingerprint density at radius 2 is 1.89 bits per heavy atom. The van der Waals surface area contributed by atoms with Crippen LogP contribution in [-0.4, -0.2) is 37.5 Å². The number of amides is 3. The van der Waals surface area contributed by atoms with Gasteiger partial charge in [0, 0.05) is 38.2 Å². The van der Waals surface area contributed by atoms with E-state index < -0.39 is 0 Å². The second kappa shape index (κ2) is 11.5. The molecule has 1 aliphatic carbocycles. The fraction of sp³-hybridized carbons (Fsp3) is 0.444. The molecule has 4 N–H and O–H groups in total. The number of hydrogen-bond donors (Lipinski definition) is 3. The number of carbonyl (C=O) groups is 3. The number of nitrogens with one attached hydrogen (secondary N) is 2. The van der Waals surface area contributed by atoms with Crippen LogP contribution < -0.4 is 21.3 Å². The minimum atomic E-state index is -0.261. The number of carbonyl (C=O) groups excluding carboxylic acids is 3. The quantitative estimate of drug-likeness (QED) is 0.565. The van der Waals surface area contributed by atoms with Gasteiger partial charge in [-0.15, -0.1) is 0 Å². The number of nitrogens with two attached hydrogens (primary N) is 1. The summed E-state index contributed by atoms with van der Waals surface area (Å²) < 4.78 is 5.16. The van der Waals surface area contributed by atoms with Crippen molar-refractivity contribution in [3.05, 3.63) is 59.2 Å². The Kier molecular flexibility index (Phi) is 8.15. The molecule has 0 saturated heterocycles. The zero-order chi connectivity index (χ0) is 24.8. The van der Waals surface area contributed by atoms with Crippen LogP contribution in [0.25, 0.3) is 0 Å². The number of hydrogen-bond acceptors (Lipinski definition) is 5. The lowest BCUT2D eigenvalue weighted by atomic mass is 9.81. The summed E-state index contributed by atoms with van der Waals surface area (Å²) in [6.07, 6.45) is 5.62. The van der Waals surface area contributed by atoms with E-state index in [1.54, 1.807) is 23.1 Å². The molecule has 2 aromatic rings. The van der Waals surface area contributed by atoms with E-state index in [1.807, 2.05) is 24.3 Å². The molecule has 1 saturated carbocycles. The van der Waals surface area contributed by atoms with Crippen molar-refractivity contribution in [1.82, 2.24) is 5.32 Å². The highest BCUT2D eigenvalue weighted by molar-refractivity contribution is 6.06. The van der Waals surface area contributed by atoms with Crippen molar-refractivity contribution >= 4 is 29.1 Å². The highest BCUT2D eigenvalue weighted by Gasteiger charge is 2.37. The summed E-state index contributed by atoms with van der Waals surface area (Å²) in [6, 6.07) is 12.6. The lowest BCUT2D eigenvalue weighted by Gasteiger charge is -2.37. The summed E-state index contributed by atoms with van der Waals surface area (Å²) in [5, 5.41) is 5.86. The standard InChI is InChI=1S/C27H34N4O4/c1-35-17-26(33)31-23-11-10-21(27(34)29-16-19-7-5-6-18(12-19)15-28)13-22(23)30-25(32)14-24(31)20-8-3-2-4-9-20/h5-7,10-13,20,24H,2-4,8-9,14-17,28H2,1H3,(H,29,34)(H,30,32). The van der Waals surface area contributed by atoms with Gasteiger partial charge in [0.05, 0.1) is 11.4 Å². The average Bonchev–Trinajstić information content (AvgIpc) is 3.03. The van der Waals surface area contributed by atoms with Crippen molar-refractivity contribution in [2.45, 2.75) is 57.7 Å². The average molecular weight is 479 g/mol. The third-order valence-electron chi connectivity index (χ3n) is 6.93. The molecule has 186 valence electrons. The molecule has 8 nitrogen and oxygen atoms in total. The molecule has 1 atom stereocenters. The van der Waals surface area contributed by atoms with E-state index in [0.29, 0.717) is 30.0 Å². The van der Waals surface area contributed by atoms with Crippen LogP contribution in [0.3, 0.4) is 0 Å². The van der Waals surface area contributed by atoms with Crippen LogP contribution in [0, 0.1) is 5.92 Å². The second-order valence-electron chi connectivity index (χ2n) is 9.35. The summed E-state index contributed by atoms with van der Waals surface area (Å²) in [4.78, 5) is 40.7. The van der Waals surface area contributed by atoms with Gasteiger partial charge in [0.2, 0.25) is 5.91 Å². The van der Waals surface area contributed by atoms with E-state index in [4.69, 9.17) is 10.5 Å². The molecule has 3 amide bonds. The molecule has 35 heavy (non-hydrogen) atoms. The van der Waals surface area contributed by atoms with E-state index >= 15 is 0 Å². The first-order valence-electron chi connectivity index (χ1n) is 12.3. The minimum absolute atomic E-state index is 0.0685. The lowest BCUT2D eigenvalue weighted by molar-refractivity contribution is -0.123. The maximum atomic E-state index is 13.2. The molecule has 2 aliphatic rings. The van der Waals surface area contributed by atoms with Crippen LogP contribution >= 0.6 is 0 Å². The molecule has 0 spiro atoms. The molecular weight excluding hydrogens is 444 g/mol. The maximum absolute atomic E-state index is 13.2. The van der Waals surface area contributed by atoms with E-state index in [0.717, 1.165) is 36.8 Å². The van der Waals surface area contributed by atoms with Crippen molar-refractivity contribution in [3.8, 4) is 0 Å². The van der Waals surface area contributed by atoms with Crippen LogP contribution in [0.15, 0.2) is 42.5 Å². The summed E-state index contributed by atoms with van der Waals surface area (Å²) >= 11 is 0. The van der Waals surface area contributed by atoms with Gasteiger partial charge in [0.15, 0.2) is 0 Å². The SMILES string of the molecule is COCC(=O)N1c2ccc(C(=O)NCc3cccc(CN)c3)cc2NC(=O)CC1C1CCCCC1. The normalized spacial score (nSPS) is 18.4. The van der Waals surface area contributed by atoms with Crippen molar-refractivity contribution < 1.29 is 19.1 Å². The first-order chi connectivity index (χ1) is 17.0. The summed E-state index contributed by atoms with van der Waals surface area (Å²) in [7, 11) is 1.49. The number of methoxy groups -OCH3 is 1. The van der Waals surface area contributed by atoms with Crippen molar-refractivity contribution in [2.24, 2.45) is 11.7 Å². The number of rotatable bonds is 7. The fourth-order valence-corrected chi connectivity index (χ4v) is 5.21. The molecule has 4 rings (SSSR count). The zero-order valence-electron chi connectivity index (χ0n) is 20.2. The second-order valence-corrected chi connectivity index (χ2v) is 9.35. The molecule has 1 fully saturated rings. The molecule has 8 heteroatoms. The highest BCUT2D eigenvalue weighted by Crippen LogP contribution is 2.38. The van der Waals surface area contributed by atoms with Crippen LogP contribution in [-0.2, 0) is 27.4 Å². The molecule has 1 aliphatic heterocycles. The van der Waals surface area contributed by atoms with E-state index in [2.05, 4.69) is 10.6 Å². The number of ether oxygens (including phenoxy) is 1. The summed E-state index contributed by atoms with van der Waals surface area (Å²) in [5.74, 6) is -0.333. The third kappa shape index (κ3) is 5.89. The van der Waals surface area contributed by atoms with Crippen LogP contribution in [0.1, 0.15) is 60.0 Å². The largest absolute Gasteiger partial charge is 0.375 e. The Labute approximate surface area is 206 Å². The Balaban J connectivity index is 1.59. The molecule has 0 radical (unpaired) electrons. The first kappa shape index (κ1) is 24.9. The monoisotopic (exact) mass is 478 g/mol. The van der Waals surface area contributed by atoms with Crippen molar-refractivity contribution in [3.63, 3.8) is 0 Å². The topological polar surface area (TPSA) is 114 Å². The van der Waals surface area contributed by atoms with E-state index in [9.17, 15) is 14.4 Å². The highest BCUT2D eigenvalue weighted by atomic mass is 16.5. The molecule has 2 aromatic carbocycles. The molecule has 0 bridgehead atoms. The maximum Gasteiger partial charge on any atom is 0.253 e. The smallest absolute Gasteiger partial charge is 0.253 e. The molecule has 1 unspecified atom stereocenters. The number of nitrogens with zero attached hydrogens (tertiary/aromatic N) is 1. The van der Waals surface area contributed by atoms with Gasteiger partial charge in [-0.25, -0.2) is 0 Å². The van der Waals surface area contributed by atoms with Gasteiger partial charge in [-0.2, -0.15) is 0 Å². The van der Waals surface area contributed by atoms with Gasteiger partial charge in [-0.05, 0) is 48.1 Å². The van der Waals surface area contributed by atoms with Crippen LogP contribution in [0.5, 0.6) is 0 Å². The van der Waals surface area contributed by atoms with Gasteiger partial charge in [0.25, 0.3) is 11.8 Å². The Morgan fingerprint density at radius 1 is 1.11 bits per heavy atom. The lowest BCUT2D eigenvalue weighted by Crippen LogP contribution is -2.47. The Morgan fingerprint density at radius 3 is 2.63 bits per heavy atom. The van der Waals surface area contributed by atoms with Gasteiger partial charge in [-0.1, -0.05) is 43.5 Å². The van der Waals surface area contributed by atoms with Gasteiger partial charge in [-0.3, -0.25) is 14.4 Å². The van der Waals surface area contributed by atoms with E-state index in [1.165, 1.54) is 13.5 Å². The number of anilines is 2. The Bertz CT molecular complexity index is 1080. The van der Waals surface area contributed by atoms with E-state index in [-0.39, 0.29) is 42.7 Å². The predicted octanol–water partition coefficient (Wildman–Crippen LogP) is 3.35. The summed E-state index contributed by atoms with van der Waals surface area (Å²) in [5.41, 5.74) is 9.15. The van der Waals surface area contributed by atoms with Crippen molar-refractivity contribution in [1.29, 1.82) is 0 Å². The zero-order valence-corrected chi connectivity index (χ0v) is 20.2. The number of benzene rings is 2. The van der Waals surface area contributed by atoms with Gasteiger partial charge < -0.3 is 26.0 Å². The number of fused-ring (bicyclic) bond motifs is 1. The van der Waals surface area contributed by atoms with Gasteiger partial charge in [0.1, 0.15) is 6.61 Å². The van der Waals surface area contributed by atoms with Crippen molar-refractivity contribution in [2.75, 3.05) is 23.9 Å². The minimum Gasteiger partial charge on any atom is -0.375 e. The molecule has 1 heterocycles. The summed E-state index contributed by atoms with van der Waals surface area (Å²) in [6.45, 7) is 0.728. The molecule has 0 aromatic heterocycles.